The summed E-state index contributed by atoms with van der Waals surface area (Å²) in [6.45, 7) is 6.91. The maximum Gasteiger partial charge on any atom is 0.227 e. The second kappa shape index (κ2) is 12.2. The standard InChI is InChI=1S/C28H37N3O4/c1-4-9-23(32)18-30(19-26-12-8-17-34-26)20-27-21(2)29-31(22-10-6-5-7-11-22)28(27)35-25-15-13-24(33-3)14-16-25/h5-7,10-11,13-16,23,26,32H,4,8-9,12,17-20H2,1-3H3/t23-,26-/m0/s1. The van der Waals surface area contributed by atoms with Gasteiger partial charge in [0.15, 0.2) is 0 Å². The number of ether oxygens (including phenoxy) is 3. The molecule has 2 aromatic carbocycles. The zero-order valence-corrected chi connectivity index (χ0v) is 21.0. The number of nitrogens with zero attached hydrogens (tertiary/aromatic N) is 3. The Kier molecular flexibility index (Phi) is 8.79. The van der Waals surface area contributed by atoms with E-state index in [4.69, 9.17) is 19.3 Å². The second-order valence-electron chi connectivity index (χ2n) is 9.17. The van der Waals surface area contributed by atoms with Crippen LogP contribution < -0.4 is 9.47 Å². The molecule has 1 saturated heterocycles. The van der Waals surface area contributed by atoms with Crippen LogP contribution in [0.5, 0.6) is 17.4 Å². The van der Waals surface area contributed by atoms with E-state index < -0.39 is 0 Å². The third-order valence-electron chi connectivity index (χ3n) is 6.37. The Morgan fingerprint density at radius 3 is 2.54 bits per heavy atom. The number of rotatable bonds is 12. The molecule has 0 saturated carbocycles. The topological polar surface area (TPSA) is 69.0 Å². The van der Waals surface area contributed by atoms with Crippen molar-refractivity contribution < 1.29 is 19.3 Å². The third kappa shape index (κ3) is 6.63. The highest BCUT2D eigenvalue weighted by molar-refractivity contribution is 5.44. The Bertz CT molecular complexity index is 1050. The van der Waals surface area contributed by atoms with E-state index in [0.717, 1.165) is 61.5 Å². The van der Waals surface area contributed by atoms with Gasteiger partial charge in [-0.1, -0.05) is 31.5 Å². The summed E-state index contributed by atoms with van der Waals surface area (Å²) in [5, 5.41) is 15.5. The minimum Gasteiger partial charge on any atom is -0.497 e. The molecule has 1 N–H and O–H groups in total. The summed E-state index contributed by atoms with van der Waals surface area (Å²) < 4.78 is 19.6. The number of hydrogen-bond acceptors (Lipinski definition) is 6. The van der Waals surface area contributed by atoms with Gasteiger partial charge in [0, 0.05) is 26.2 Å². The van der Waals surface area contributed by atoms with E-state index in [1.165, 1.54) is 0 Å². The summed E-state index contributed by atoms with van der Waals surface area (Å²) in [7, 11) is 1.65. The van der Waals surface area contributed by atoms with Crippen LogP contribution in [0.1, 0.15) is 43.9 Å². The number of aryl methyl sites for hydroxylation is 1. The largest absolute Gasteiger partial charge is 0.497 e. The van der Waals surface area contributed by atoms with Gasteiger partial charge in [0.1, 0.15) is 11.5 Å². The molecule has 1 aromatic heterocycles. The molecule has 1 aliphatic rings. The summed E-state index contributed by atoms with van der Waals surface area (Å²) in [5.41, 5.74) is 2.84. The molecule has 7 nitrogen and oxygen atoms in total. The number of para-hydroxylation sites is 1. The Morgan fingerprint density at radius 2 is 1.89 bits per heavy atom. The smallest absolute Gasteiger partial charge is 0.227 e. The lowest BCUT2D eigenvalue weighted by Crippen LogP contribution is -2.37. The number of methoxy groups -OCH3 is 1. The Labute approximate surface area is 208 Å². The average molecular weight is 480 g/mol. The molecule has 7 heteroatoms. The van der Waals surface area contributed by atoms with Crippen LogP contribution in [0.3, 0.4) is 0 Å². The summed E-state index contributed by atoms with van der Waals surface area (Å²) in [4.78, 5) is 2.29. The third-order valence-corrected chi connectivity index (χ3v) is 6.37. The molecule has 0 radical (unpaired) electrons. The normalized spacial score (nSPS) is 16.5. The van der Waals surface area contributed by atoms with Crippen molar-refractivity contribution >= 4 is 0 Å². The predicted molar refractivity (Wildman–Crippen MR) is 137 cm³/mol. The van der Waals surface area contributed by atoms with Gasteiger partial charge in [-0.2, -0.15) is 5.10 Å². The van der Waals surface area contributed by atoms with Crippen molar-refractivity contribution in [1.29, 1.82) is 0 Å². The monoisotopic (exact) mass is 479 g/mol. The van der Waals surface area contributed by atoms with E-state index in [9.17, 15) is 5.11 Å². The van der Waals surface area contributed by atoms with Crippen molar-refractivity contribution in [1.82, 2.24) is 14.7 Å². The van der Waals surface area contributed by atoms with E-state index >= 15 is 0 Å². The molecule has 2 heterocycles. The summed E-state index contributed by atoms with van der Waals surface area (Å²) >= 11 is 0. The molecule has 35 heavy (non-hydrogen) atoms. The molecular weight excluding hydrogens is 442 g/mol. The van der Waals surface area contributed by atoms with Crippen LogP contribution in [0.2, 0.25) is 0 Å². The highest BCUT2D eigenvalue weighted by Crippen LogP contribution is 2.32. The van der Waals surface area contributed by atoms with Crippen molar-refractivity contribution in [2.24, 2.45) is 0 Å². The van der Waals surface area contributed by atoms with E-state index in [1.54, 1.807) is 7.11 Å². The maximum absolute atomic E-state index is 10.6. The van der Waals surface area contributed by atoms with Gasteiger partial charge in [0.25, 0.3) is 0 Å². The Morgan fingerprint density at radius 1 is 1.14 bits per heavy atom. The average Bonchev–Trinajstić information content (AvgIpc) is 3.49. The van der Waals surface area contributed by atoms with Gasteiger partial charge in [-0.05, 0) is 62.6 Å². The van der Waals surface area contributed by atoms with E-state index in [1.807, 2.05) is 66.2 Å². The van der Waals surface area contributed by atoms with Crippen molar-refractivity contribution in [3.05, 3.63) is 65.9 Å². The highest BCUT2D eigenvalue weighted by atomic mass is 16.5. The van der Waals surface area contributed by atoms with E-state index in [2.05, 4.69) is 11.8 Å². The van der Waals surface area contributed by atoms with Crippen molar-refractivity contribution in [2.75, 3.05) is 26.8 Å². The zero-order chi connectivity index (χ0) is 24.6. The van der Waals surface area contributed by atoms with Crippen LogP contribution >= 0.6 is 0 Å². The highest BCUT2D eigenvalue weighted by Gasteiger charge is 2.25. The van der Waals surface area contributed by atoms with Crippen LogP contribution in [0, 0.1) is 6.92 Å². The molecule has 0 aliphatic carbocycles. The van der Waals surface area contributed by atoms with Crippen molar-refractivity contribution in [2.45, 2.75) is 58.3 Å². The predicted octanol–water partition coefficient (Wildman–Crippen LogP) is 5.12. The fourth-order valence-electron chi connectivity index (χ4n) is 4.55. The van der Waals surface area contributed by atoms with Crippen molar-refractivity contribution in [3.63, 3.8) is 0 Å². The second-order valence-corrected chi connectivity index (χ2v) is 9.17. The Hall–Kier alpha value is -2.87. The minimum atomic E-state index is -0.378. The first-order chi connectivity index (χ1) is 17.1. The van der Waals surface area contributed by atoms with Crippen LogP contribution in [0.25, 0.3) is 5.69 Å². The maximum atomic E-state index is 10.6. The molecule has 4 rings (SSSR count). The first-order valence-corrected chi connectivity index (χ1v) is 12.5. The van der Waals surface area contributed by atoms with Crippen LogP contribution in [-0.2, 0) is 11.3 Å². The summed E-state index contributed by atoms with van der Waals surface area (Å²) in [5.74, 6) is 2.17. The summed E-state index contributed by atoms with van der Waals surface area (Å²) in [6.07, 6.45) is 3.69. The molecular formula is C28H37N3O4. The lowest BCUT2D eigenvalue weighted by Gasteiger charge is -2.27. The van der Waals surface area contributed by atoms with E-state index in [0.29, 0.717) is 24.7 Å². The lowest BCUT2D eigenvalue weighted by atomic mass is 10.1. The molecule has 0 unspecified atom stereocenters. The SMILES string of the molecule is CCC[C@H](O)CN(Cc1c(C)nn(-c2ccccc2)c1Oc1ccc(OC)cc1)C[C@@H]1CCCO1. The summed E-state index contributed by atoms with van der Waals surface area (Å²) in [6, 6.07) is 17.6. The fourth-order valence-corrected chi connectivity index (χ4v) is 4.55. The number of aliphatic hydroxyl groups excluding tert-OH is 1. The quantitative estimate of drug-likeness (QED) is 0.389. The molecule has 0 amide bonds. The fraction of sp³-hybridized carbons (Fsp3) is 0.464. The van der Waals surface area contributed by atoms with Crippen LogP contribution in [-0.4, -0.2) is 58.8 Å². The number of benzene rings is 2. The first-order valence-electron chi connectivity index (χ1n) is 12.5. The zero-order valence-electron chi connectivity index (χ0n) is 21.0. The van der Waals surface area contributed by atoms with Gasteiger partial charge in [-0.3, -0.25) is 4.90 Å². The number of aromatic nitrogens is 2. The van der Waals surface area contributed by atoms with Crippen LogP contribution in [0.15, 0.2) is 54.6 Å². The van der Waals surface area contributed by atoms with Gasteiger partial charge in [0.05, 0.1) is 36.3 Å². The Balaban J connectivity index is 1.67. The molecule has 3 aromatic rings. The van der Waals surface area contributed by atoms with E-state index in [-0.39, 0.29) is 12.2 Å². The van der Waals surface area contributed by atoms with Gasteiger partial charge in [-0.15, -0.1) is 0 Å². The first kappa shape index (κ1) is 25.2. The van der Waals surface area contributed by atoms with Gasteiger partial charge >= 0.3 is 0 Å². The van der Waals surface area contributed by atoms with Gasteiger partial charge in [0.2, 0.25) is 5.88 Å². The molecule has 1 aliphatic heterocycles. The molecule has 188 valence electrons. The van der Waals surface area contributed by atoms with Crippen molar-refractivity contribution in [3.8, 4) is 23.1 Å². The number of aliphatic hydroxyl groups is 1. The minimum absolute atomic E-state index is 0.194. The van der Waals surface area contributed by atoms with Gasteiger partial charge in [-0.25, -0.2) is 4.68 Å². The lowest BCUT2D eigenvalue weighted by molar-refractivity contribution is 0.0437. The molecule has 1 fully saturated rings. The van der Waals surface area contributed by atoms with Crippen LogP contribution in [0.4, 0.5) is 0 Å². The number of hydrogen-bond donors (Lipinski definition) is 1. The molecule has 0 bridgehead atoms. The molecule has 0 spiro atoms. The van der Waals surface area contributed by atoms with Gasteiger partial charge < -0.3 is 19.3 Å². The molecule has 2 atom stereocenters.